The Morgan fingerprint density at radius 1 is 1.30 bits per heavy atom. The molecule has 1 aliphatic heterocycles. The molecule has 2 heterocycles. The number of carbonyl (C=O) groups excluding carboxylic acids is 2. The summed E-state index contributed by atoms with van der Waals surface area (Å²) in [6, 6.07) is 6.38. The maximum atomic E-state index is 12.9. The van der Waals surface area contributed by atoms with Crippen LogP contribution in [-0.2, 0) is 4.74 Å². The van der Waals surface area contributed by atoms with Crippen LogP contribution < -0.4 is 0 Å². The molecule has 0 spiro atoms. The first kappa shape index (κ1) is 15.2. The van der Waals surface area contributed by atoms with Crippen LogP contribution in [0.25, 0.3) is 0 Å². The highest BCUT2D eigenvalue weighted by Crippen LogP contribution is 2.32. The molecular formula is C16H17N3O4. The number of carbonyl (C=O) groups is 2. The van der Waals surface area contributed by atoms with Gasteiger partial charge in [0, 0.05) is 6.54 Å². The largest absolute Gasteiger partial charge is 0.465 e. The second-order valence-electron chi connectivity index (χ2n) is 5.37. The van der Waals surface area contributed by atoms with Crippen molar-refractivity contribution in [1.29, 1.82) is 0 Å². The van der Waals surface area contributed by atoms with Crippen LogP contribution in [0.2, 0.25) is 0 Å². The molecule has 0 N–H and O–H groups in total. The van der Waals surface area contributed by atoms with Crippen molar-refractivity contribution in [1.82, 2.24) is 15.0 Å². The fourth-order valence-corrected chi connectivity index (χ4v) is 2.83. The average molecular weight is 315 g/mol. The van der Waals surface area contributed by atoms with Gasteiger partial charge < -0.3 is 14.2 Å². The van der Waals surface area contributed by atoms with Crippen molar-refractivity contribution in [2.75, 3.05) is 13.7 Å². The number of nitrogens with zero attached hydrogens (tertiary/aromatic N) is 3. The number of esters is 1. The van der Waals surface area contributed by atoms with Crippen LogP contribution in [0, 0.1) is 6.92 Å². The van der Waals surface area contributed by atoms with Gasteiger partial charge in [0.05, 0.1) is 18.2 Å². The third kappa shape index (κ3) is 2.81. The molecule has 23 heavy (non-hydrogen) atoms. The number of likely N-dealkylation sites (tertiary alicyclic amines) is 1. The zero-order chi connectivity index (χ0) is 16.4. The summed E-state index contributed by atoms with van der Waals surface area (Å²) in [6.07, 6.45) is 1.60. The third-order valence-corrected chi connectivity index (χ3v) is 3.90. The van der Waals surface area contributed by atoms with E-state index in [-0.39, 0.29) is 17.5 Å². The standard InChI is InChI=1S/C16H17N3O4/c1-10-17-14(23-18-10)13-8-5-9-19(13)15(20)11-6-3-4-7-12(11)16(21)22-2/h3-4,6-7,13H,5,8-9H2,1-2H3. The Kier molecular flexibility index (Phi) is 4.10. The molecule has 2 aromatic rings. The van der Waals surface area contributed by atoms with Gasteiger partial charge in [-0.3, -0.25) is 4.79 Å². The Balaban J connectivity index is 1.92. The van der Waals surface area contributed by atoms with E-state index in [1.807, 2.05) is 0 Å². The van der Waals surface area contributed by atoms with Crippen molar-refractivity contribution in [2.45, 2.75) is 25.8 Å². The highest BCUT2D eigenvalue weighted by Gasteiger charge is 2.35. The van der Waals surface area contributed by atoms with E-state index >= 15 is 0 Å². The van der Waals surface area contributed by atoms with Gasteiger partial charge in [0.2, 0.25) is 5.89 Å². The summed E-state index contributed by atoms with van der Waals surface area (Å²) >= 11 is 0. The van der Waals surface area contributed by atoms with Crippen LogP contribution in [-0.4, -0.2) is 40.6 Å². The van der Waals surface area contributed by atoms with Gasteiger partial charge in [-0.1, -0.05) is 17.3 Å². The number of amides is 1. The topological polar surface area (TPSA) is 85.5 Å². The van der Waals surface area contributed by atoms with Gasteiger partial charge in [0.1, 0.15) is 6.04 Å². The summed E-state index contributed by atoms with van der Waals surface area (Å²) in [4.78, 5) is 30.7. The van der Waals surface area contributed by atoms with Gasteiger partial charge in [0.15, 0.2) is 5.82 Å². The molecular weight excluding hydrogens is 298 g/mol. The van der Waals surface area contributed by atoms with E-state index in [4.69, 9.17) is 9.26 Å². The van der Waals surface area contributed by atoms with Crippen LogP contribution in [0.5, 0.6) is 0 Å². The lowest BCUT2D eigenvalue weighted by atomic mass is 10.1. The maximum Gasteiger partial charge on any atom is 0.338 e. The first-order valence-corrected chi connectivity index (χ1v) is 7.40. The van der Waals surface area contributed by atoms with Gasteiger partial charge in [-0.2, -0.15) is 4.98 Å². The average Bonchev–Trinajstić information content (AvgIpc) is 3.22. The van der Waals surface area contributed by atoms with Crippen LogP contribution in [0.15, 0.2) is 28.8 Å². The van der Waals surface area contributed by atoms with Crippen LogP contribution in [0.4, 0.5) is 0 Å². The molecule has 3 rings (SSSR count). The van der Waals surface area contributed by atoms with Gasteiger partial charge in [0.25, 0.3) is 5.91 Å². The monoisotopic (exact) mass is 315 g/mol. The first-order valence-electron chi connectivity index (χ1n) is 7.40. The smallest absolute Gasteiger partial charge is 0.338 e. The summed E-state index contributed by atoms with van der Waals surface area (Å²) < 4.78 is 9.97. The number of rotatable bonds is 3. The van der Waals surface area contributed by atoms with E-state index in [2.05, 4.69) is 10.1 Å². The lowest BCUT2D eigenvalue weighted by molar-refractivity contribution is 0.0586. The summed E-state index contributed by atoms with van der Waals surface area (Å²) in [6.45, 7) is 2.32. The minimum atomic E-state index is -0.529. The Morgan fingerprint density at radius 2 is 2.04 bits per heavy atom. The summed E-state index contributed by atoms with van der Waals surface area (Å²) in [5.41, 5.74) is 0.579. The zero-order valence-corrected chi connectivity index (χ0v) is 13.0. The molecule has 1 fully saturated rings. The molecule has 1 aliphatic rings. The molecule has 0 bridgehead atoms. The SMILES string of the molecule is COC(=O)c1ccccc1C(=O)N1CCCC1c1nc(C)no1. The molecule has 1 unspecified atom stereocenters. The van der Waals surface area contributed by atoms with Gasteiger partial charge >= 0.3 is 5.97 Å². The van der Waals surface area contributed by atoms with E-state index in [9.17, 15) is 9.59 Å². The highest BCUT2D eigenvalue weighted by atomic mass is 16.5. The Labute approximate surface area is 133 Å². The summed E-state index contributed by atoms with van der Waals surface area (Å²) in [5.74, 6) is 0.209. The van der Waals surface area contributed by atoms with E-state index in [0.717, 1.165) is 12.8 Å². The molecule has 1 atom stereocenters. The minimum Gasteiger partial charge on any atom is -0.465 e. The number of benzene rings is 1. The lowest BCUT2D eigenvalue weighted by Crippen LogP contribution is -2.32. The fourth-order valence-electron chi connectivity index (χ4n) is 2.83. The molecule has 1 aromatic heterocycles. The molecule has 0 radical (unpaired) electrons. The summed E-state index contributed by atoms with van der Waals surface area (Å²) in [7, 11) is 1.30. The van der Waals surface area contributed by atoms with Gasteiger partial charge in [-0.25, -0.2) is 4.79 Å². The Hall–Kier alpha value is -2.70. The van der Waals surface area contributed by atoms with Crippen molar-refractivity contribution < 1.29 is 18.8 Å². The van der Waals surface area contributed by atoms with Crippen molar-refractivity contribution in [2.24, 2.45) is 0 Å². The van der Waals surface area contributed by atoms with E-state index in [1.165, 1.54) is 7.11 Å². The van der Waals surface area contributed by atoms with E-state index < -0.39 is 5.97 Å². The molecule has 120 valence electrons. The zero-order valence-electron chi connectivity index (χ0n) is 13.0. The number of aryl methyl sites for hydroxylation is 1. The third-order valence-electron chi connectivity index (χ3n) is 3.90. The first-order chi connectivity index (χ1) is 11.1. The second kappa shape index (κ2) is 6.20. The fraction of sp³-hybridized carbons (Fsp3) is 0.375. The highest BCUT2D eigenvalue weighted by molar-refractivity contribution is 6.05. The van der Waals surface area contributed by atoms with Crippen molar-refractivity contribution in [3.8, 4) is 0 Å². The maximum absolute atomic E-state index is 12.9. The van der Waals surface area contributed by atoms with E-state index in [1.54, 1.807) is 36.1 Å². The quantitative estimate of drug-likeness (QED) is 0.807. The Bertz CT molecular complexity index is 740. The van der Waals surface area contributed by atoms with Crippen LogP contribution in [0.1, 0.15) is 51.3 Å². The second-order valence-corrected chi connectivity index (χ2v) is 5.37. The van der Waals surface area contributed by atoms with Crippen molar-refractivity contribution >= 4 is 11.9 Å². The number of aromatic nitrogens is 2. The molecule has 1 amide bonds. The molecule has 7 nitrogen and oxygen atoms in total. The minimum absolute atomic E-state index is 0.232. The number of hydrogen-bond donors (Lipinski definition) is 0. The Morgan fingerprint density at radius 3 is 2.70 bits per heavy atom. The number of hydrogen-bond acceptors (Lipinski definition) is 6. The molecule has 7 heteroatoms. The normalized spacial score (nSPS) is 17.3. The predicted molar refractivity (Wildman–Crippen MR) is 79.8 cm³/mol. The molecule has 1 aromatic carbocycles. The van der Waals surface area contributed by atoms with Gasteiger partial charge in [-0.05, 0) is 31.9 Å². The number of methoxy groups -OCH3 is 1. The van der Waals surface area contributed by atoms with E-state index in [0.29, 0.717) is 23.8 Å². The molecule has 0 saturated carbocycles. The predicted octanol–water partition coefficient (Wildman–Crippen LogP) is 2.14. The van der Waals surface area contributed by atoms with Gasteiger partial charge in [-0.15, -0.1) is 0 Å². The summed E-state index contributed by atoms with van der Waals surface area (Å²) in [5, 5.41) is 3.79. The van der Waals surface area contributed by atoms with Crippen LogP contribution >= 0.6 is 0 Å². The van der Waals surface area contributed by atoms with Crippen molar-refractivity contribution in [3.63, 3.8) is 0 Å². The molecule has 1 saturated heterocycles. The number of ether oxygens (including phenoxy) is 1. The van der Waals surface area contributed by atoms with Crippen LogP contribution in [0.3, 0.4) is 0 Å². The lowest BCUT2D eigenvalue weighted by Gasteiger charge is -2.22. The van der Waals surface area contributed by atoms with Crippen molar-refractivity contribution in [3.05, 3.63) is 47.1 Å². The molecule has 0 aliphatic carbocycles.